The van der Waals surface area contributed by atoms with E-state index in [2.05, 4.69) is 13.8 Å². The van der Waals surface area contributed by atoms with Crippen molar-refractivity contribution in [3.05, 3.63) is 12.2 Å². The topological polar surface area (TPSA) is 55.8 Å². The van der Waals surface area contributed by atoms with Gasteiger partial charge in [0.15, 0.2) is 0 Å². The number of carbonyl (C=O) groups is 1. The average molecular weight is 375 g/mol. The molecule has 25 heavy (non-hydrogen) atoms. The van der Waals surface area contributed by atoms with Gasteiger partial charge < -0.3 is 14.0 Å². The highest BCUT2D eigenvalue weighted by Crippen LogP contribution is 2.58. The summed E-state index contributed by atoms with van der Waals surface area (Å²) in [6.07, 6.45) is 12.3. The molecule has 5 heteroatoms. The van der Waals surface area contributed by atoms with E-state index in [1.807, 2.05) is 26.2 Å². The number of methoxy groups -OCH3 is 1. The Hall–Kier alpha value is -0.520. The van der Waals surface area contributed by atoms with Crippen LogP contribution in [0.1, 0.15) is 59.8 Å². The first-order valence-electron chi connectivity index (χ1n) is 9.43. The molecule has 1 N–H and O–H groups in total. The Bertz CT molecular complexity index is 397. The lowest BCUT2D eigenvalue weighted by Crippen LogP contribution is -2.41. The molecule has 2 aliphatic rings. The van der Waals surface area contributed by atoms with Crippen LogP contribution in [0.15, 0.2) is 12.2 Å². The number of aliphatic hydroxyl groups excluding tert-OH is 1. The van der Waals surface area contributed by atoms with Gasteiger partial charge in [0.2, 0.25) is 0 Å². The summed E-state index contributed by atoms with van der Waals surface area (Å²) >= 11 is 1.51. The minimum absolute atomic E-state index is 0.256. The highest BCUT2D eigenvalue weighted by Gasteiger charge is 2.52. The van der Waals surface area contributed by atoms with Gasteiger partial charge in [0.25, 0.3) is 0 Å². The number of hydrogen-bond donors (Lipinski definition) is 1. The molecule has 0 spiro atoms. The van der Waals surface area contributed by atoms with E-state index in [1.54, 1.807) is 6.08 Å². The van der Waals surface area contributed by atoms with Gasteiger partial charge in [-0.25, -0.2) is 4.79 Å². The monoisotopic (exact) mass is 374 g/mol. The molecule has 5 atom stereocenters. The van der Waals surface area contributed by atoms with Gasteiger partial charge in [-0.05, 0) is 60.9 Å². The van der Waals surface area contributed by atoms with Gasteiger partial charge in [0.1, 0.15) is 0 Å². The van der Waals surface area contributed by atoms with Crippen LogP contribution in [0.2, 0.25) is 0 Å². The molecule has 0 aromatic carbocycles. The number of allylic oxidation sites excluding steroid dienone is 1. The average Bonchev–Trinajstić information content (AvgIpc) is 3.01. The molecular formula is C20H38O4S. The fourth-order valence-corrected chi connectivity index (χ4v) is 5.17. The van der Waals surface area contributed by atoms with Crippen molar-refractivity contribution in [1.82, 2.24) is 0 Å². The molecule has 2 rings (SSSR count). The molecule has 4 unspecified atom stereocenters. The van der Waals surface area contributed by atoms with Gasteiger partial charge in [0, 0.05) is 19.4 Å². The summed E-state index contributed by atoms with van der Waals surface area (Å²) in [7, 11) is 2.43. The lowest BCUT2D eigenvalue weighted by atomic mass is 9.62. The smallest absolute Gasteiger partial charge is 0.330 e. The van der Waals surface area contributed by atoms with Crippen LogP contribution in [-0.2, 0) is 13.7 Å². The molecule has 0 heterocycles. The van der Waals surface area contributed by atoms with Crippen LogP contribution < -0.4 is 0 Å². The Kier molecular flexibility index (Phi) is 12.5. The molecule has 2 fully saturated rings. The molecular weight excluding hydrogens is 336 g/mol. The highest BCUT2D eigenvalue weighted by molar-refractivity contribution is 7.93. The lowest BCUT2D eigenvalue weighted by molar-refractivity contribution is -0.134. The zero-order valence-corrected chi connectivity index (χ0v) is 17.9. The maximum Gasteiger partial charge on any atom is 0.330 e. The molecule has 0 aromatic heterocycles. The summed E-state index contributed by atoms with van der Waals surface area (Å²) < 4.78 is 10.6. The van der Waals surface area contributed by atoms with Gasteiger partial charge in [-0.15, -0.1) is 0 Å². The second-order valence-corrected chi connectivity index (χ2v) is 7.26. The normalized spacial score (nSPS) is 31.9. The number of ether oxygens (including phenoxy) is 1. The fourth-order valence-electron chi connectivity index (χ4n) is 4.69. The molecule has 148 valence electrons. The van der Waals surface area contributed by atoms with Crippen LogP contribution in [0.3, 0.4) is 0 Å². The van der Waals surface area contributed by atoms with E-state index >= 15 is 0 Å². The number of carbonyl (C=O) groups excluding carboxylic acids is 1. The zero-order valence-electron chi connectivity index (χ0n) is 17.1. The van der Waals surface area contributed by atoms with Crippen molar-refractivity contribution < 1.29 is 18.8 Å². The van der Waals surface area contributed by atoms with Crippen LogP contribution >= 0.6 is 12.0 Å². The zero-order chi connectivity index (χ0) is 19.5. The first-order chi connectivity index (χ1) is 12.0. The van der Waals surface area contributed by atoms with Gasteiger partial charge in [-0.3, -0.25) is 0 Å². The number of esters is 1. The fraction of sp³-hybridized carbons (Fsp3) is 0.850. The van der Waals surface area contributed by atoms with E-state index in [0.717, 1.165) is 7.11 Å². The van der Waals surface area contributed by atoms with Crippen LogP contribution in [0.4, 0.5) is 0 Å². The molecule has 0 radical (unpaired) electrons. The number of hydrogen-bond acceptors (Lipinski definition) is 5. The molecule has 0 aromatic rings. The molecule has 4 nitrogen and oxygen atoms in total. The van der Waals surface area contributed by atoms with E-state index < -0.39 is 0 Å². The van der Waals surface area contributed by atoms with Gasteiger partial charge in [-0.2, -0.15) is 0 Å². The van der Waals surface area contributed by atoms with Crippen molar-refractivity contribution in [3.63, 3.8) is 0 Å². The summed E-state index contributed by atoms with van der Waals surface area (Å²) in [6.45, 7) is 8.67. The van der Waals surface area contributed by atoms with Crippen molar-refractivity contribution in [1.29, 1.82) is 0 Å². The van der Waals surface area contributed by atoms with Crippen LogP contribution in [0.25, 0.3) is 0 Å². The molecule has 2 aliphatic carbocycles. The van der Waals surface area contributed by atoms with Gasteiger partial charge in [0.05, 0.1) is 13.2 Å². The van der Waals surface area contributed by atoms with Crippen LogP contribution in [0, 0.1) is 23.2 Å². The SMILES string of the molecule is CC.CO.COC(=O)/C=C\[C@@H](C)C1CCC2C(OSC)CCCC21C. The summed E-state index contributed by atoms with van der Waals surface area (Å²) in [5, 5.41) is 7.00. The van der Waals surface area contributed by atoms with Crippen LogP contribution in [0.5, 0.6) is 0 Å². The Morgan fingerprint density at radius 2 is 1.92 bits per heavy atom. The quantitative estimate of drug-likeness (QED) is 0.423. The third-order valence-corrected chi connectivity index (χ3v) is 6.17. The Balaban J connectivity index is 0.00000134. The van der Waals surface area contributed by atoms with E-state index in [4.69, 9.17) is 14.0 Å². The molecule has 0 bridgehead atoms. The molecule has 2 saturated carbocycles. The molecule has 0 aliphatic heterocycles. The molecule has 0 saturated heterocycles. The first kappa shape index (κ1) is 24.5. The van der Waals surface area contributed by atoms with E-state index in [9.17, 15) is 4.79 Å². The second kappa shape index (κ2) is 12.8. The maximum absolute atomic E-state index is 11.3. The third-order valence-electron chi connectivity index (χ3n) is 5.73. The van der Waals surface area contributed by atoms with Crippen molar-refractivity contribution in [2.75, 3.05) is 20.5 Å². The Morgan fingerprint density at radius 1 is 1.28 bits per heavy atom. The van der Waals surface area contributed by atoms with E-state index in [-0.39, 0.29) is 5.97 Å². The van der Waals surface area contributed by atoms with Crippen LogP contribution in [-0.4, -0.2) is 37.7 Å². The highest BCUT2D eigenvalue weighted by atomic mass is 32.2. The van der Waals surface area contributed by atoms with Crippen molar-refractivity contribution in [3.8, 4) is 0 Å². The minimum atomic E-state index is -0.256. The summed E-state index contributed by atoms with van der Waals surface area (Å²) in [5.41, 5.74) is 0.346. The maximum atomic E-state index is 11.3. The largest absolute Gasteiger partial charge is 0.466 e. The predicted molar refractivity (Wildman–Crippen MR) is 106 cm³/mol. The van der Waals surface area contributed by atoms with Gasteiger partial charge >= 0.3 is 5.97 Å². The third kappa shape index (κ3) is 6.30. The standard InChI is InChI=1S/C17H28O3S.C2H6.CH4O/c1-12(7-10-16(18)19-3)13-8-9-14-15(20-21-4)6-5-11-17(13,14)2;2*1-2/h7,10,12-15H,5-6,8-9,11H2,1-4H3;1-2H3;2H,1H3/b10-7-;;/t12-,13?,14?,15?,17?;;/m1../s1. The minimum Gasteiger partial charge on any atom is -0.466 e. The summed E-state index contributed by atoms with van der Waals surface area (Å²) in [6, 6.07) is 0. The lowest BCUT2D eigenvalue weighted by Gasteiger charge is -2.45. The second-order valence-electron chi connectivity index (χ2n) is 6.73. The number of aliphatic hydroxyl groups is 1. The first-order valence-corrected chi connectivity index (χ1v) is 10.6. The molecule has 0 amide bonds. The predicted octanol–water partition coefficient (Wildman–Crippen LogP) is 4.87. The van der Waals surface area contributed by atoms with E-state index in [1.165, 1.54) is 51.3 Å². The van der Waals surface area contributed by atoms with Crippen molar-refractivity contribution in [2.45, 2.75) is 65.9 Å². The Morgan fingerprint density at radius 3 is 2.48 bits per heavy atom. The Labute approximate surface area is 158 Å². The van der Waals surface area contributed by atoms with Crippen molar-refractivity contribution >= 4 is 18.0 Å². The van der Waals surface area contributed by atoms with Gasteiger partial charge in [-0.1, -0.05) is 40.2 Å². The van der Waals surface area contributed by atoms with E-state index in [0.29, 0.717) is 29.3 Å². The summed E-state index contributed by atoms with van der Waals surface area (Å²) in [4.78, 5) is 11.3. The number of fused-ring (bicyclic) bond motifs is 1. The summed E-state index contributed by atoms with van der Waals surface area (Å²) in [5.74, 6) is 1.45. The number of rotatable bonds is 5. The van der Waals surface area contributed by atoms with Crippen molar-refractivity contribution in [2.24, 2.45) is 23.2 Å².